The Bertz CT molecular complexity index is 778. The highest BCUT2D eigenvalue weighted by Crippen LogP contribution is 2.34. The predicted molar refractivity (Wildman–Crippen MR) is 124 cm³/mol. The molecule has 1 heterocycles. The third-order valence-electron chi connectivity index (χ3n) is 5.45. The molecule has 37 heavy (non-hydrogen) atoms. The van der Waals surface area contributed by atoms with Gasteiger partial charge in [-0.25, -0.2) is 4.79 Å². The average molecular weight is 536 g/mol. The van der Waals surface area contributed by atoms with E-state index in [1.165, 1.54) is 6.92 Å². The Balaban J connectivity index is 3.34. The first-order valence-corrected chi connectivity index (χ1v) is 11.6. The topological polar surface area (TPSA) is 228 Å². The van der Waals surface area contributed by atoms with Crippen molar-refractivity contribution in [2.45, 2.75) is 55.6 Å². The number of hydrogen-bond acceptors (Lipinski definition) is 13. The minimum absolute atomic E-state index is 0.0505. The Labute approximate surface area is 214 Å². The fraction of sp³-hybridized carbons (Fsp3) is 0.773. The first-order chi connectivity index (χ1) is 17.6. The molecular formula is C22H37N3O12. The van der Waals surface area contributed by atoms with Gasteiger partial charge >= 0.3 is 5.97 Å². The monoisotopic (exact) mass is 535 g/mol. The lowest BCUT2D eigenvalue weighted by Gasteiger charge is -2.51. The molecule has 7 atom stereocenters. The van der Waals surface area contributed by atoms with Gasteiger partial charge in [-0.3, -0.25) is 9.59 Å². The highest BCUT2D eigenvalue weighted by molar-refractivity contribution is 5.81. The highest BCUT2D eigenvalue weighted by Gasteiger charge is 2.63. The molecule has 1 aliphatic heterocycles. The molecule has 0 radical (unpaired) electrons. The zero-order chi connectivity index (χ0) is 28.0. The predicted octanol–water partition coefficient (Wildman–Crippen LogP) is -4.65. The van der Waals surface area contributed by atoms with Gasteiger partial charge in [-0.2, -0.15) is 0 Å². The van der Waals surface area contributed by atoms with Crippen LogP contribution in [0.3, 0.4) is 0 Å². The van der Waals surface area contributed by atoms with E-state index in [1.807, 2.05) is 0 Å². The van der Waals surface area contributed by atoms with Crippen LogP contribution in [0.25, 0.3) is 0 Å². The number of amides is 2. The summed E-state index contributed by atoms with van der Waals surface area (Å²) in [5, 5.41) is 46.2. The van der Waals surface area contributed by atoms with Gasteiger partial charge in [0, 0.05) is 13.0 Å². The van der Waals surface area contributed by atoms with Gasteiger partial charge in [-0.05, 0) is 0 Å². The van der Waals surface area contributed by atoms with Gasteiger partial charge in [0.05, 0.1) is 51.7 Å². The molecule has 0 spiro atoms. The summed E-state index contributed by atoms with van der Waals surface area (Å²) in [7, 11) is 0.988. The van der Waals surface area contributed by atoms with Crippen LogP contribution in [-0.4, -0.2) is 134 Å². The van der Waals surface area contributed by atoms with E-state index in [2.05, 4.69) is 16.6 Å². The van der Waals surface area contributed by atoms with E-state index in [4.69, 9.17) is 35.8 Å². The Kier molecular flexibility index (Phi) is 14.5. The molecule has 1 rings (SSSR count). The van der Waals surface area contributed by atoms with Crippen molar-refractivity contribution in [1.29, 1.82) is 0 Å². The summed E-state index contributed by atoms with van der Waals surface area (Å²) >= 11 is 0. The molecule has 2 amide bonds. The number of aliphatic hydroxyl groups is 4. The number of hydrogen-bond donors (Lipinski definition) is 7. The van der Waals surface area contributed by atoms with Gasteiger partial charge in [0.1, 0.15) is 31.5 Å². The SMILES string of the molecule is C#CCOCCOCCO[C@@]1(C(=O)OC)O[C@@H]([C@H](O)[C@H](O)CN)[C@H](NC(=O)CO)[C@@H](NC(=O)CC)[C@@H]1O. The molecule has 0 bridgehead atoms. The molecule has 0 aromatic heterocycles. The quantitative estimate of drug-likeness (QED) is 0.0561. The molecule has 0 aromatic carbocycles. The molecule has 0 unspecified atom stereocenters. The number of ether oxygens (including phenoxy) is 5. The molecule has 1 aliphatic rings. The molecule has 15 heteroatoms. The fourth-order valence-electron chi connectivity index (χ4n) is 3.58. The third kappa shape index (κ3) is 8.85. The van der Waals surface area contributed by atoms with Gasteiger partial charge in [-0.15, -0.1) is 6.42 Å². The molecule has 0 aromatic rings. The molecule has 1 fully saturated rings. The number of esters is 1. The maximum absolute atomic E-state index is 12.9. The Morgan fingerprint density at radius 2 is 1.73 bits per heavy atom. The number of carbonyl (C=O) groups is 3. The summed E-state index contributed by atoms with van der Waals surface area (Å²) in [6.45, 7) is 0.0593. The van der Waals surface area contributed by atoms with Crippen LogP contribution in [0.1, 0.15) is 13.3 Å². The first-order valence-electron chi connectivity index (χ1n) is 11.6. The summed E-state index contributed by atoms with van der Waals surface area (Å²) in [6.07, 6.45) is -2.12. The average Bonchev–Trinajstić information content (AvgIpc) is 2.91. The van der Waals surface area contributed by atoms with Gasteiger partial charge in [0.15, 0.2) is 0 Å². The minimum Gasteiger partial charge on any atom is -0.465 e. The lowest BCUT2D eigenvalue weighted by atomic mass is 9.84. The summed E-state index contributed by atoms with van der Waals surface area (Å²) in [5.41, 5.74) is 5.45. The molecule has 212 valence electrons. The van der Waals surface area contributed by atoms with E-state index < -0.39 is 73.2 Å². The Hall–Kier alpha value is -2.39. The maximum Gasteiger partial charge on any atom is 0.369 e. The lowest BCUT2D eigenvalue weighted by molar-refractivity contribution is -0.335. The van der Waals surface area contributed by atoms with Crippen molar-refractivity contribution >= 4 is 17.8 Å². The van der Waals surface area contributed by atoms with Gasteiger partial charge in [-0.1, -0.05) is 12.8 Å². The Morgan fingerprint density at radius 1 is 1.11 bits per heavy atom. The van der Waals surface area contributed by atoms with Crippen molar-refractivity contribution in [3.63, 3.8) is 0 Å². The maximum atomic E-state index is 12.9. The van der Waals surface area contributed by atoms with Crippen LogP contribution in [0, 0.1) is 12.3 Å². The fourth-order valence-corrected chi connectivity index (χ4v) is 3.58. The number of carbonyl (C=O) groups excluding carboxylic acids is 3. The number of aliphatic hydroxyl groups excluding tert-OH is 4. The molecule has 0 aliphatic carbocycles. The second-order valence-electron chi connectivity index (χ2n) is 7.90. The normalized spacial score (nSPS) is 27.0. The van der Waals surface area contributed by atoms with Crippen molar-refractivity contribution in [1.82, 2.24) is 10.6 Å². The second kappa shape index (κ2) is 16.5. The minimum atomic E-state index is -2.63. The van der Waals surface area contributed by atoms with E-state index in [1.54, 1.807) is 0 Å². The molecule has 15 nitrogen and oxygen atoms in total. The third-order valence-corrected chi connectivity index (χ3v) is 5.45. The van der Waals surface area contributed by atoms with Crippen LogP contribution in [0.5, 0.6) is 0 Å². The summed E-state index contributed by atoms with van der Waals surface area (Å²) in [6, 6.07) is -2.97. The van der Waals surface area contributed by atoms with E-state index in [9.17, 15) is 34.8 Å². The molecule has 1 saturated heterocycles. The van der Waals surface area contributed by atoms with Gasteiger partial charge < -0.3 is 60.5 Å². The zero-order valence-corrected chi connectivity index (χ0v) is 20.8. The second-order valence-corrected chi connectivity index (χ2v) is 7.90. The number of rotatable bonds is 16. The number of methoxy groups -OCH3 is 1. The first kappa shape index (κ1) is 32.6. The molecule has 8 N–H and O–H groups in total. The highest BCUT2D eigenvalue weighted by atomic mass is 16.7. The van der Waals surface area contributed by atoms with Gasteiger partial charge in [0.25, 0.3) is 5.79 Å². The van der Waals surface area contributed by atoms with Crippen molar-refractivity contribution in [3.05, 3.63) is 0 Å². The van der Waals surface area contributed by atoms with Crippen LogP contribution in [0.15, 0.2) is 0 Å². The van der Waals surface area contributed by atoms with E-state index in [-0.39, 0.29) is 39.5 Å². The standard InChI is InChI=1S/C22H37N3O12/c1-4-6-34-7-8-35-9-10-36-22(21(32)33-3)20(31)17(24-14(28)5-2)16(25-15(29)12-26)19(37-22)18(30)13(27)11-23/h1,13,16-20,26-27,30-31H,5-12,23H2,2-3H3,(H,24,28)(H,25,29)/t13-,16-,17-,18-,19-,20+,22-/m1/s1. The van der Waals surface area contributed by atoms with Crippen LogP contribution in [0.4, 0.5) is 0 Å². The van der Waals surface area contributed by atoms with E-state index >= 15 is 0 Å². The van der Waals surface area contributed by atoms with E-state index in [0.29, 0.717) is 0 Å². The van der Waals surface area contributed by atoms with Crippen molar-refractivity contribution in [3.8, 4) is 12.3 Å². The number of terminal acetylenes is 1. The largest absolute Gasteiger partial charge is 0.465 e. The van der Waals surface area contributed by atoms with E-state index in [0.717, 1.165) is 7.11 Å². The smallest absolute Gasteiger partial charge is 0.369 e. The van der Waals surface area contributed by atoms with Crippen LogP contribution >= 0.6 is 0 Å². The van der Waals surface area contributed by atoms with Crippen LogP contribution in [0.2, 0.25) is 0 Å². The number of nitrogens with two attached hydrogens (primary N) is 1. The van der Waals surface area contributed by atoms with Crippen molar-refractivity contribution < 1.29 is 58.5 Å². The molecule has 0 saturated carbocycles. The number of nitrogens with one attached hydrogen (secondary N) is 2. The molecular weight excluding hydrogens is 498 g/mol. The summed E-state index contributed by atoms with van der Waals surface area (Å²) in [5.74, 6) is -3.13. The van der Waals surface area contributed by atoms with Gasteiger partial charge in [0.2, 0.25) is 11.8 Å². The van der Waals surface area contributed by atoms with Crippen molar-refractivity contribution in [2.24, 2.45) is 5.73 Å². The Morgan fingerprint density at radius 3 is 2.30 bits per heavy atom. The zero-order valence-electron chi connectivity index (χ0n) is 20.8. The summed E-state index contributed by atoms with van der Waals surface area (Å²) in [4.78, 5) is 37.2. The van der Waals surface area contributed by atoms with Crippen molar-refractivity contribution in [2.75, 3.05) is 53.3 Å². The van der Waals surface area contributed by atoms with Crippen LogP contribution in [-0.2, 0) is 38.1 Å². The van der Waals surface area contributed by atoms with Crippen LogP contribution < -0.4 is 16.4 Å². The lowest BCUT2D eigenvalue weighted by Crippen LogP contribution is -2.77. The summed E-state index contributed by atoms with van der Waals surface area (Å²) < 4.78 is 26.5.